The molecule has 4 aromatic carbocycles. The molecule has 0 aliphatic rings. The maximum absolute atomic E-state index is 14.3. The van der Waals surface area contributed by atoms with Crippen LogP contribution in [0.3, 0.4) is 0 Å². The Bertz CT molecular complexity index is 1750. The summed E-state index contributed by atoms with van der Waals surface area (Å²) >= 11 is 1.23. The van der Waals surface area contributed by atoms with Crippen molar-refractivity contribution in [2.75, 3.05) is 0 Å². The van der Waals surface area contributed by atoms with Crippen molar-refractivity contribution in [1.82, 2.24) is 21.3 Å². The lowest BCUT2D eigenvalue weighted by atomic mass is 9.96. The highest BCUT2D eigenvalue weighted by atomic mass is 32.2. The summed E-state index contributed by atoms with van der Waals surface area (Å²) in [5, 5.41) is 22.6. The standard InChI is InChI=1S/C43H52N4O6S/c1-29(2)36(40(49)44-26-32-19-11-6-12-20-32)46-42(51)39(54-28-34-23-15-8-16-24-34)38(48)35(25-31-17-9-5-10-18-31)45-41(50)37(30(3)4)47-43(52)53-27-33-21-13-7-14-22-33/h5-24,29-30,35-39,48H,25-28H2,1-4H3,(H,44,49)(H,45,50)(H,46,51)(H,47,52)/t35-,36-,37-,38+,39+/m0/s1. The van der Waals surface area contributed by atoms with E-state index in [2.05, 4.69) is 21.3 Å². The summed E-state index contributed by atoms with van der Waals surface area (Å²) in [5.74, 6) is -1.63. The van der Waals surface area contributed by atoms with Gasteiger partial charge in [0.05, 0.1) is 12.1 Å². The molecule has 0 saturated heterocycles. The Morgan fingerprint density at radius 1 is 0.593 bits per heavy atom. The molecule has 0 bridgehead atoms. The molecular weight excluding hydrogens is 701 g/mol. The first-order valence-corrected chi connectivity index (χ1v) is 19.3. The van der Waals surface area contributed by atoms with Crippen LogP contribution in [-0.2, 0) is 44.4 Å². The molecule has 11 heteroatoms. The van der Waals surface area contributed by atoms with Gasteiger partial charge in [0.15, 0.2) is 0 Å². The Morgan fingerprint density at radius 2 is 1.07 bits per heavy atom. The minimum atomic E-state index is -1.40. The van der Waals surface area contributed by atoms with Crippen LogP contribution in [0.2, 0.25) is 0 Å². The van der Waals surface area contributed by atoms with Crippen molar-refractivity contribution in [3.63, 3.8) is 0 Å². The Kier molecular flexibility index (Phi) is 16.6. The summed E-state index contributed by atoms with van der Waals surface area (Å²) in [5.41, 5.74) is 3.49. The number of carbonyl (C=O) groups excluding carboxylic acids is 4. The van der Waals surface area contributed by atoms with E-state index in [0.717, 1.165) is 22.3 Å². The highest BCUT2D eigenvalue weighted by Gasteiger charge is 2.38. The molecule has 4 amide bonds. The molecule has 0 radical (unpaired) electrons. The molecule has 0 fully saturated rings. The maximum atomic E-state index is 14.3. The van der Waals surface area contributed by atoms with Crippen molar-refractivity contribution in [2.45, 2.75) is 82.5 Å². The number of nitrogens with one attached hydrogen (secondary N) is 4. The van der Waals surface area contributed by atoms with E-state index < -0.39 is 47.4 Å². The largest absolute Gasteiger partial charge is 0.445 e. The summed E-state index contributed by atoms with van der Waals surface area (Å²) in [6.45, 7) is 7.61. The fourth-order valence-corrected chi connectivity index (χ4v) is 6.96. The van der Waals surface area contributed by atoms with Crippen molar-refractivity contribution in [3.8, 4) is 0 Å². The fraction of sp³-hybridized carbons (Fsp3) is 0.349. The number of amides is 4. The minimum absolute atomic E-state index is 0.0333. The van der Waals surface area contributed by atoms with E-state index in [1.165, 1.54) is 11.8 Å². The number of alkyl carbamates (subject to hydrolysis) is 1. The van der Waals surface area contributed by atoms with E-state index in [0.29, 0.717) is 12.3 Å². The average molecular weight is 753 g/mol. The molecule has 0 aliphatic carbocycles. The van der Waals surface area contributed by atoms with E-state index in [9.17, 15) is 24.3 Å². The van der Waals surface area contributed by atoms with E-state index >= 15 is 0 Å². The Morgan fingerprint density at radius 3 is 1.61 bits per heavy atom. The number of carbonyl (C=O) groups is 4. The molecule has 54 heavy (non-hydrogen) atoms. The van der Waals surface area contributed by atoms with Gasteiger partial charge in [-0.15, -0.1) is 11.8 Å². The lowest BCUT2D eigenvalue weighted by Crippen LogP contribution is -2.59. The van der Waals surface area contributed by atoms with Crippen LogP contribution in [0.25, 0.3) is 0 Å². The monoisotopic (exact) mass is 752 g/mol. The third-order valence-corrected chi connectivity index (χ3v) is 10.2. The Balaban J connectivity index is 1.56. The number of hydrogen-bond acceptors (Lipinski definition) is 7. The van der Waals surface area contributed by atoms with Crippen molar-refractivity contribution in [1.29, 1.82) is 0 Å². The Labute approximate surface area is 322 Å². The van der Waals surface area contributed by atoms with Crippen molar-refractivity contribution in [2.24, 2.45) is 11.8 Å². The number of aliphatic hydroxyl groups is 1. The lowest BCUT2D eigenvalue weighted by Gasteiger charge is -2.33. The first-order chi connectivity index (χ1) is 26.0. The molecule has 0 spiro atoms. The van der Waals surface area contributed by atoms with Gasteiger partial charge in [0.1, 0.15) is 23.9 Å². The normalized spacial score (nSPS) is 13.9. The van der Waals surface area contributed by atoms with Crippen LogP contribution in [0.5, 0.6) is 0 Å². The van der Waals surface area contributed by atoms with Gasteiger partial charge in [-0.05, 0) is 40.5 Å². The van der Waals surface area contributed by atoms with Crippen LogP contribution < -0.4 is 21.3 Å². The molecule has 10 nitrogen and oxygen atoms in total. The van der Waals surface area contributed by atoms with E-state index in [-0.39, 0.29) is 30.8 Å². The molecule has 4 aromatic rings. The predicted octanol–water partition coefficient (Wildman–Crippen LogP) is 5.79. The van der Waals surface area contributed by atoms with Crippen LogP contribution >= 0.6 is 11.8 Å². The molecular formula is C43H52N4O6S. The van der Waals surface area contributed by atoms with Gasteiger partial charge in [0, 0.05) is 12.3 Å². The zero-order chi connectivity index (χ0) is 38.9. The maximum Gasteiger partial charge on any atom is 0.408 e. The number of hydrogen-bond donors (Lipinski definition) is 5. The van der Waals surface area contributed by atoms with Crippen molar-refractivity contribution < 1.29 is 29.0 Å². The van der Waals surface area contributed by atoms with Gasteiger partial charge in [-0.3, -0.25) is 14.4 Å². The highest BCUT2D eigenvalue weighted by Crippen LogP contribution is 2.25. The summed E-state index contributed by atoms with van der Waals surface area (Å²) in [7, 11) is 0. The van der Waals surface area contributed by atoms with Gasteiger partial charge >= 0.3 is 6.09 Å². The molecule has 5 N–H and O–H groups in total. The third kappa shape index (κ3) is 13.4. The molecule has 0 aromatic heterocycles. The number of rotatable bonds is 19. The molecule has 0 aliphatic heterocycles. The molecule has 286 valence electrons. The van der Waals surface area contributed by atoms with Gasteiger partial charge in [0.25, 0.3) is 0 Å². The molecule has 0 saturated carbocycles. The van der Waals surface area contributed by atoms with Crippen LogP contribution in [0, 0.1) is 11.8 Å². The summed E-state index contributed by atoms with van der Waals surface area (Å²) in [6, 6.07) is 34.8. The van der Waals surface area contributed by atoms with Crippen molar-refractivity contribution >= 4 is 35.6 Å². The topological polar surface area (TPSA) is 146 Å². The highest BCUT2D eigenvalue weighted by molar-refractivity contribution is 7.99. The summed E-state index contributed by atoms with van der Waals surface area (Å²) in [6.07, 6.45) is -1.97. The number of ether oxygens (including phenoxy) is 1. The van der Waals surface area contributed by atoms with Crippen LogP contribution in [0.15, 0.2) is 121 Å². The van der Waals surface area contributed by atoms with Gasteiger partial charge in [-0.25, -0.2) is 4.79 Å². The van der Waals surface area contributed by atoms with Crippen LogP contribution in [0.1, 0.15) is 49.9 Å². The second-order valence-electron chi connectivity index (χ2n) is 13.9. The first kappa shape index (κ1) is 41.6. The van der Waals surface area contributed by atoms with Crippen LogP contribution in [-0.4, -0.2) is 58.4 Å². The zero-order valence-corrected chi connectivity index (χ0v) is 32.1. The van der Waals surface area contributed by atoms with Gasteiger partial charge in [0.2, 0.25) is 17.7 Å². The minimum Gasteiger partial charge on any atom is -0.445 e. The molecule has 5 atom stereocenters. The second-order valence-corrected chi connectivity index (χ2v) is 15.0. The zero-order valence-electron chi connectivity index (χ0n) is 31.3. The van der Waals surface area contributed by atoms with E-state index in [1.807, 2.05) is 135 Å². The SMILES string of the molecule is CC(C)[C@H](NC(=O)OCc1ccccc1)C(=O)N[C@@H](Cc1ccccc1)[C@@H](O)[C@@H](SCc1ccccc1)C(=O)N[C@H](C(=O)NCc1ccccc1)C(C)C. The van der Waals surface area contributed by atoms with E-state index in [4.69, 9.17) is 4.74 Å². The Hall–Kier alpha value is -5.13. The first-order valence-electron chi connectivity index (χ1n) is 18.3. The summed E-state index contributed by atoms with van der Waals surface area (Å²) in [4.78, 5) is 54.5. The van der Waals surface area contributed by atoms with Gasteiger partial charge in [-0.2, -0.15) is 0 Å². The fourth-order valence-electron chi connectivity index (χ4n) is 5.79. The average Bonchev–Trinajstić information content (AvgIpc) is 3.18. The second kappa shape index (κ2) is 21.5. The smallest absolute Gasteiger partial charge is 0.408 e. The number of thioether (sulfide) groups is 1. The van der Waals surface area contributed by atoms with E-state index in [1.54, 1.807) is 13.8 Å². The molecule has 4 rings (SSSR count). The number of benzene rings is 4. The summed E-state index contributed by atoms with van der Waals surface area (Å²) < 4.78 is 5.40. The molecule has 0 heterocycles. The number of aliphatic hydroxyl groups excluding tert-OH is 1. The third-order valence-electron chi connectivity index (χ3n) is 8.87. The quantitative estimate of drug-likeness (QED) is 0.0816. The van der Waals surface area contributed by atoms with Crippen molar-refractivity contribution in [3.05, 3.63) is 144 Å². The van der Waals surface area contributed by atoms with Gasteiger partial charge < -0.3 is 31.1 Å². The van der Waals surface area contributed by atoms with Crippen LogP contribution in [0.4, 0.5) is 4.79 Å². The predicted molar refractivity (Wildman–Crippen MR) is 213 cm³/mol. The van der Waals surface area contributed by atoms with Gasteiger partial charge in [-0.1, -0.05) is 149 Å². The lowest BCUT2D eigenvalue weighted by molar-refractivity contribution is -0.131. The molecule has 0 unspecified atom stereocenters.